The highest BCUT2D eigenvalue weighted by Crippen LogP contribution is 2.49. The van der Waals surface area contributed by atoms with Crippen LogP contribution in [0.5, 0.6) is 5.75 Å². The van der Waals surface area contributed by atoms with Gasteiger partial charge in [0.2, 0.25) is 5.91 Å². The minimum atomic E-state index is -0.965. The summed E-state index contributed by atoms with van der Waals surface area (Å²) >= 11 is 6.26. The number of benzene rings is 3. The van der Waals surface area contributed by atoms with Crippen molar-refractivity contribution < 1.29 is 18.3 Å². The number of carbonyl (C=O) groups excluding carboxylic acids is 1. The van der Waals surface area contributed by atoms with Crippen molar-refractivity contribution in [2.45, 2.75) is 12.0 Å². The fourth-order valence-electron chi connectivity index (χ4n) is 3.82. The summed E-state index contributed by atoms with van der Waals surface area (Å²) in [5, 5.41) is -0.305. The number of carbonyl (C=O) groups is 1. The zero-order chi connectivity index (χ0) is 20.8. The van der Waals surface area contributed by atoms with Crippen molar-refractivity contribution in [3.05, 3.63) is 87.9 Å². The van der Waals surface area contributed by atoms with E-state index in [2.05, 4.69) is 0 Å². The Bertz CT molecular complexity index is 1120. The summed E-state index contributed by atoms with van der Waals surface area (Å²) in [5.41, 5.74) is 11.6. The molecule has 3 aromatic rings. The number of halogens is 3. The molecule has 0 fully saturated rings. The van der Waals surface area contributed by atoms with E-state index in [4.69, 9.17) is 27.8 Å². The SMILES string of the molecule is NC[C@]1(c2ccccc2)Cc2c(cc(F)c(Cl)c2-c2c(F)cccc2C(N)=O)O1. The van der Waals surface area contributed by atoms with E-state index in [0.29, 0.717) is 5.56 Å². The maximum Gasteiger partial charge on any atom is 0.249 e. The minimum Gasteiger partial charge on any atom is -0.480 e. The van der Waals surface area contributed by atoms with Crippen molar-refractivity contribution in [1.82, 2.24) is 0 Å². The summed E-state index contributed by atoms with van der Waals surface area (Å²) in [6.45, 7) is 0.102. The molecule has 148 valence electrons. The summed E-state index contributed by atoms with van der Waals surface area (Å²) in [5.74, 6) is -2.17. The van der Waals surface area contributed by atoms with Crippen LogP contribution in [-0.2, 0) is 12.0 Å². The average Bonchev–Trinajstić information content (AvgIpc) is 3.09. The van der Waals surface area contributed by atoms with Crippen LogP contribution in [0, 0.1) is 11.6 Å². The average molecular weight is 415 g/mol. The lowest BCUT2D eigenvalue weighted by Crippen LogP contribution is -2.39. The number of fused-ring (bicyclic) bond motifs is 1. The zero-order valence-corrected chi connectivity index (χ0v) is 16.0. The van der Waals surface area contributed by atoms with Gasteiger partial charge in [-0.2, -0.15) is 0 Å². The highest BCUT2D eigenvalue weighted by Gasteiger charge is 2.43. The number of rotatable bonds is 4. The van der Waals surface area contributed by atoms with Gasteiger partial charge in [0.25, 0.3) is 0 Å². The normalized spacial score (nSPS) is 17.7. The lowest BCUT2D eigenvalue weighted by atomic mass is 9.85. The number of primary amides is 1. The van der Waals surface area contributed by atoms with E-state index in [-0.39, 0.29) is 40.4 Å². The van der Waals surface area contributed by atoms with Gasteiger partial charge in [-0.15, -0.1) is 0 Å². The Morgan fingerprint density at radius 2 is 1.79 bits per heavy atom. The molecule has 1 aliphatic heterocycles. The second-order valence-corrected chi connectivity index (χ2v) is 7.27. The monoisotopic (exact) mass is 414 g/mol. The Balaban J connectivity index is 1.98. The fourth-order valence-corrected chi connectivity index (χ4v) is 4.08. The number of hydrogen-bond donors (Lipinski definition) is 2. The summed E-state index contributed by atoms with van der Waals surface area (Å²) in [7, 11) is 0. The number of ether oxygens (including phenoxy) is 1. The van der Waals surface area contributed by atoms with Crippen LogP contribution in [-0.4, -0.2) is 12.5 Å². The Labute approximate surface area is 171 Å². The van der Waals surface area contributed by atoms with Crippen molar-refractivity contribution >= 4 is 17.5 Å². The molecule has 0 spiro atoms. The van der Waals surface area contributed by atoms with E-state index < -0.39 is 23.1 Å². The summed E-state index contributed by atoms with van der Waals surface area (Å²) in [6, 6.07) is 14.3. The van der Waals surface area contributed by atoms with Crippen LogP contribution >= 0.6 is 11.6 Å². The zero-order valence-electron chi connectivity index (χ0n) is 15.2. The minimum absolute atomic E-state index is 0.0554. The summed E-state index contributed by atoms with van der Waals surface area (Å²) in [4.78, 5) is 11.9. The third-order valence-corrected chi connectivity index (χ3v) is 5.58. The molecule has 3 aromatic carbocycles. The number of hydrogen-bond acceptors (Lipinski definition) is 3. The molecule has 4 rings (SSSR count). The first-order valence-electron chi connectivity index (χ1n) is 8.92. The molecule has 0 aromatic heterocycles. The van der Waals surface area contributed by atoms with E-state index in [1.807, 2.05) is 30.3 Å². The van der Waals surface area contributed by atoms with Crippen LogP contribution in [0.3, 0.4) is 0 Å². The third-order valence-electron chi connectivity index (χ3n) is 5.21. The van der Waals surface area contributed by atoms with Crippen molar-refractivity contribution in [2.75, 3.05) is 6.54 Å². The smallest absolute Gasteiger partial charge is 0.249 e. The molecule has 29 heavy (non-hydrogen) atoms. The number of amides is 1. The van der Waals surface area contributed by atoms with Gasteiger partial charge < -0.3 is 16.2 Å². The van der Waals surface area contributed by atoms with Crippen LogP contribution in [0.15, 0.2) is 54.6 Å². The van der Waals surface area contributed by atoms with Crippen LogP contribution in [0.4, 0.5) is 8.78 Å². The molecule has 1 atom stereocenters. The summed E-state index contributed by atoms with van der Waals surface area (Å²) in [6.07, 6.45) is 0.227. The lowest BCUT2D eigenvalue weighted by Gasteiger charge is -2.27. The van der Waals surface area contributed by atoms with Gasteiger partial charge in [0.1, 0.15) is 17.4 Å². The van der Waals surface area contributed by atoms with Gasteiger partial charge in [-0.1, -0.05) is 48.0 Å². The maximum absolute atomic E-state index is 14.8. The van der Waals surface area contributed by atoms with E-state index in [0.717, 1.165) is 11.6 Å². The fraction of sp³-hybridized carbons (Fsp3) is 0.136. The van der Waals surface area contributed by atoms with Gasteiger partial charge in [0, 0.05) is 41.3 Å². The molecular formula is C22H17ClF2N2O2. The molecule has 0 bridgehead atoms. The van der Waals surface area contributed by atoms with Crippen molar-refractivity contribution in [2.24, 2.45) is 11.5 Å². The molecule has 1 amide bonds. The lowest BCUT2D eigenvalue weighted by molar-refractivity contribution is 0.1000. The predicted octanol–water partition coefficient (Wildman–Crippen LogP) is 4.17. The second-order valence-electron chi connectivity index (χ2n) is 6.89. The first-order valence-corrected chi connectivity index (χ1v) is 9.30. The molecule has 4 N–H and O–H groups in total. The largest absolute Gasteiger partial charge is 0.480 e. The maximum atomic E-state index is 14.8. The molecule has 0 saturated carbocycles. The molecule has 0 saturated heterocycles. The molecule has 1 aliphatic rings. The van der Waals surface area contributed by atoms with E-state index in [9.17, 15) is 13.6 Å². The van der Waals surface area contributed by atoms with Crippen LogP contribution < -0.4 is 16.2 Å². The van der Waals surface area contributed by atoms with Gasteiger partial charge in [-0.3, -0.25) is 4.79 Å². The standard InChI is InChI=1S/C22H17ClF2N2O2/c23-20-16(25)9-17-14(10-22(11-26,29-17)12-5-2-1-3-6-12)19(20)18-13(21(27)28)7-4-8-15(18)24/h1-9H,10-11,26H2,(H2,27,28)/t22-/m0/s1. The summed E-state index contributed by atoms with van der Waals surface area (Å²) < 4.78 is 35.6. The van der Waals surface area contributed by atoms with Crippen LogP contribution in [0.25, 0.3) is 11.1 Å². The molecule has 0 radical (unpaired) electrons. The van der Waals surface area contributed by atoms with Gasteiger partial charge >= 0.3 is 0 Å². The van der Waals surface area contributed by atoms with Gasteiger partial charge in [-0.25, -0.2) is 8.78 Å². The van der Waals surface area contributed by atoms with Crippen molar-refractivity contribution in [3.63, 3.8) is 0 Å². The molecular weight excluding hydrogens is 398 g/mol. The van der Waals surface area contributed by atoms with Crippen molar-refractivity contribution in [3.8, 4) is 16.9 Å². The topological polar surface area (TPSA) is 78.3 Å². The Morgan fingerprint density at radius 1 is 1.07 bits per heavy atom. The molecule has 0 aliphatic carbocycles. The Kier molecular flexibility index (Phi) is 4.76. The van der Waals surface area contributed by atoms with Gasteiger partial charge in [-0.05, 0) is 17.7 Å². The molecule has 0 unspecified atom stereocenters. The first-order chi connectivity index (χ1) is 13.9. The van der Waals surface area contributed by atoms with Crippen molar-refractivity contribution in [1.29, 1.82) is 0 Å². The molecule has 7 heteroatoms. The number of nitrogens with two attached hydrogens (primary N) is 2. The highest BCUT2D eigenvalue weighted by atomic mass is 35.5. The Hall–Kier alpha value is -2.96. The first kappa shape index (κ1) is 19.4. The van der Waals surface area contributed by atoms with Crippen LogP contribution in [0.2, 0.25) is 5.02 Å². The van der Waals surface area contributed by atoms with Gasteiger partial charge in [0.15, 0.2) is 5.60 Å². The highest BCUT2D eigenvalue weighted by molar-refractivity contribution is 6.34. The van der Waals surface area contributed by atoms with E-state index >= 15 is 0 Å². The Morgan fingerprint density at radius 3 is 2.45 bits per heavy atom. The molecule has 4 nitrogen and oxygen atoms in total. The van der Waals surface area contributed by atoms with Gasteiger partial charge in [0.05, 0.1) is 5.02 Å². The third kappa shape index (κ3) is 3.05. The van der Waals surface area contributed by atoms with Crippen LogP contribution in [0.1, 0.15) is 21.5 Å². The molecule has 1 heterocycles. The van der Waals surface area contributed by atoms with E-state index in [1.54, 1.807) is 0 Å². The second kappa shape index (κ2) is 7.13. The van der Waals surface area contributed by atoms with E-state index in [1.165, 1.54) is 18.2 Å². The quantitative estimate of drug-likeness (QED) is 0.672. The predicted molar refractivity (Wildman–Crippen MR) is 107 cm³/mol.